The maximum Gasteiger partial charge on any atom is 0.191 e. The molecule has 0 aromatic heterocycles. The second-order valence-corrected chi connectivity index (χ2v) is 3.31. The zero-order chi connectivity index (χ0) is 11.0. The summed E-state index contributed by atoms with van der Waals surface area (Å²) in [4.78, 5) is 8.62. The van der Waals surface area contributed by atoms with E-state index in [-0.39, 0.29) is 0 Å². The van der Waals surface area contributed by atoms with Crippen LogP contribution in [0.25, 0.3) is 0 Å². The van der Waals surface area contributed by atoms with Crippen molar-refractivity contribution >= 4 is 5.96 Å². The molecule has 84 valence electrons. The molecule has 0 aromatic carbocycles. The molecule has 0 saturated heterocycles. The van der Waals surface area contributed by atoms with E-state index in [1.165, 1.54) is 0 Å². The molecule has 4 nitrogen and oxygen atoms in total. The van der Waals surface area contributed by atoms with Gasteiger partial charge >= 0.3 is 0 Å². The van der Waals surface area contributed by atoms with Crippen LogP contribution in [0.5, 0.6) is 0 Å². The number of rotatable bonds is 6. The Balaban J connectivity index is 3.86. The lowest BCUT2D eigenvalue weighted by Gasteiger charge is -2.19. The Morgan fingerprint density at radius 1 is 1.14 bits per heavy atom. The highest BCUT2D eigenvalue weighted by Gasteiger charge is 2.01. The molecule has 0 spiro atoms. The normalized spacial score (nSPS) is 12.2. The zero-order valence-corrected chi connectivity index (χ0v) is 9.95. The number of hydrogen-bond acceptors (Lipinski definition) is 2. The summed E-state index contributed by atoms with van der Waals surface area (Å²) in [6.07, 6.45) is 0. The van der Waals surface area contributed by atoms with Crippen LogP contribution < -0.4 is 5.73 Å². The molecule has 4 heteroatoms. The SMILES string of the molecule is CCN(C)CCN=C(N)N(CC)CC. The molecule has 0 aliphatic rings. The van der Waals surface area contributed by atoms with Crippen LogP contribution in [0.4, 0.5) is 0 Å². The summed E-state index contributed by atoms with van der Waals surface area (Å²) in [5.74, 6) is 0.666. The molecule has 0 atom stereocenters. The number of hydrogen-bond donors (Lipinski definition) is 1. The first-order chi connectivity index (χ1) is 6.65. The number of nitrogens with zero attached hydrogens (tertiary/aromatic N) is 3. The Hall–Kier alpha value is -0.770. The zero-order valence-electron chi connectivity index (χ0n) is 9.95. The average molecular weight is 200 g/mol. The lowest BCUT2D eigenvalue weighted by atomic mass is 10.5. The molecule has 0 unspecified atom stereocenters. The molecule has 0 heterocycles. The summed E-state index contributed by atoms with van der Waals surface area (Å²) in [7, 11) is 2.09. The van der Waals surface area contributed by atoms with Crippen molar-refractivity contribution in [3.63, 3.8) is 0 Å². The Morgan fingerprint density at radius 3 is 2.14 bits per heavy atom. The lowest BCUT2D eigenvalue weighted by Crippen LogP contribution is -2.37. The predicted octanol–water partition coefficient (Wildman–Crippen LogP) is 0.595. The van der Waals surface area contributed by atoms with Crippen LogP contribution in [0.3, 0.4) is 0 Å². The van der Waals surface area contributed by atoms with Crippen molar-refractivity contribution in [2.24, 2.45) is 10.7 Å². The summed E-state index contributed by atoms with van der Waals surface area (Å²) < 4.78 is 0. The van der Waals surface area contributed by atoms with Crippen LogP contribution in [-0.2, 0) is 0 Å². The van der Waals surface area contributed by atoms with Gasteiger partial charge in [0.05, 0.1) is 6.54 Å². The van der Waals surface area contributed by atoms with Gasteiger partial charge in [-0.2, -0.15) is 0 Å². The molecule has 0 radical (unpaired) electrons. The third-order valence-corrected chi connectivity index (χ3v) is 2.38. The average Bonchev–Trinajstić information content (AvgIpc) is 2.19. The number of guanidine groups is 1. The molecular weight excluding hydrogens is 176 g/mol. The summed E-state index contributed by atoms with van der Waals surface area (Å²) in [5.41, 5.74) is 5.82. The topological polar surface area (TPSA) is 44.9 Å². The van der Waals surface area contributed by atoms with E-state index in [4.69, 9.17) is 5.73 Å². The highest BCUT2D eigenvalue weighted by Crippen LogP contribution is 1.88. The van der Waals surface area contributed by atoms with Gasteiger partial charge in [-0.1, -0.05) is 6.92 Å². The Bertz CT molecular complexity index is 164. The van der Waals surface area contributed by atoms with E-state index < -0.39 is 0 Å². The van der Waals surface area contributed by atoms with Crippen molar-refractivity contribution in [2.75, 3.05) is 39.8 Å². The molecule has 0 fully saturated rings. The van der Waals surface area contributed by atoms with Crippen molar-refractivity contribution in [1.29, 1.82) is 0 Å². The van der Waals surface area contributed by atoms with Crippen molar-refractivity contribution in [1.82, 2.24) is 9.80 Å². The summed E-state index contributed by atoms with van der Waals surface area (Å²) in [5, 5.41) is 0. The van der Waals surface area contributed by atoms with Gasteiger partial charge in [-0.15, -0.1) is 0 Å². The second kappa shape index (κ2) is 7.62. The number of likely N-dealkylation sites (N-methyl/N-ethyl adjacent to an activating group) is 1. The standard InChI is InChI=1S/C10H24N4/c1-5-13(4)9-8-12-10(11)14(6-2)7-3/h5-9H2,1-4H3,(H2,11,12). The first-order valence-corrected chi connectivity index (χ1v) is 5.39. The first kappa shape index (κ1) is 13.2. The molecular formula is C10H24N4. The van der Waals surface area contributed by atoms with E-state index in [0.29, 0.717) is 5.96 Å². The molecule has 14 heavy (non-hydrogen) atoms. The Labute approximate surface area is 87.8 Å². The van der Waals surface area contributed by atoms with E-state index in [1.54, 1.807) is 0 Å². The van der Waals surface area contributed by atoms with Gasteiger partial charge in [-0.3, -0.25) is 4.99 Å². The molecule has 0 saturated carbocycles. The minimum Gasteiger partial charge on any atom is -0.370 e. The lowest BCUT2D eigenvalue weighted by molar-refractivity contribution is 0.361. The third-order valence-electron chi connectivity index (χ3n) is 2.38. The van der Waals surface area contributed by atoms with E-state index >= 15 is 0 Å². The first-order valence-electron chi connectivity index (χ1n) is 5.39. The van der Waals surface area contributed by atoms with Crippen molar-refractivity contribution in [3.05, 3.63) is 0 Å². The summed E-state index contributed by atoms with van der Waals surface area (Å²) >= 11 is 0. The van der Waals surface area contributed by atoms with Gasteiger partial charge in [0.25, 0.3) is 0 Å². The van der Waals surface area contributed by atoms with Gasteiger partial charge in [-0.05, 0) is 27.4 Å². The second-order valence-electron chi connectivity index (χ2n) is 3.31. The largest absolute Gasteiger partial charge is 0.370 e. The van der Waals surface area contributed by atoms with Gasteiger partial charge in [0.1, 0.15) is 0 Å². The minimum absolute atomic E-state index is 0.666. The smallest absolute Gasteiger partial charge is 0.191 e. The van der Waals surface area contributed by atoms with Crippen LogP contribution in [-0.4, -0.2) is 55.5 Å². The van der Waals surface area contributed by atoms with E-state index in [2.05, 4.69) is 42.6 Å². The van der Waals surface area contributed by atoms with Gasteiger partial charge in [0, 0.05) is 19.6 Å². The fourth-order valence-corrected chi connectivity index (χ4v) is 1.14. The maximum absolute atomic E-state index is 5.82. The van der Waals surface area contributed by atoms with Gasteiger partial charge < -0.3 is 15.5 Å². The van der Waals surface area contributed by atoms with Crippen molar-refractivity contribution < 1.29 is 0 Å². The molecule has 0 aliphatic heterocycles. The van der Waals surface area contributed by atoms with Crippen LogP contribution in [0.2, 0.25) is 0 Å². The minimum atomic E-state index is 0.666. The van der Waals surface area contributed by atoms with E-state index in [1.807, 2.05) is 0 Å². The monoisotopic (exact) mass is 200 g/mol. The van der Waals surface area contributed by atoms with Crippen molar-refractivity contribution in [3.8, 4) is 0 Å². The molecule has 0 aromatic rings. The fourth-order valence-electron chi connectivity index (χ4n) is 1.14. The van der Waals surface area contributed by atoms with Gasteiger partial charge in [0.2, 0.25) is 0 Å². The molecule has 0 aliphatic carbocycles. The molecule has 0 amide bonds. The van der Waals surface area contributed by atoms with Crippen LogP contribution >= 0.6 is 0 Å². The molecule has 0 bridgehead atoms. The maximum atomic E-state index is 5.82. The number of aliphatic imine (C=N–C) groups is 1. The quantitative estimate of drug-likeness (QED) is 0.504. The summed E-state index contributed by atoms with van der Waals surface area (Å²) in [6.45, 7) is 11.0. The van der Waals surface area contributed by atoms with Gasteiger partial charge in [0.15, 0.2) is 5.96 Å². The van der Waals surface area contributed by atoms with E-state index in [0.717, 1.165) is 32.7 Å². The van der Waals surface area contributed by atoms with Crippen LogP contribution in [0.1, 0.15) is 20.8 Å². The Morgan fingerprint density at radius 2 is 1.71 bits per heavy atom. The Kier molecular flexibility index (Phi) is 7.20. The number of nitrogens with two attached hydrogens (primary N) is 1. The van der Waals surface area contributed by atoms with E-state index in [9.17, 15) is 0 Å². The highest BCUT2D eigenvalue weighted by atomic mass is 15.2. The fraction of sp³-hybridized carbons (Fsp3) is 0.900. The summed E-state index contributed by atoms with van der Waals surface area (Å²) in [6, 6.07) is 0. The highest BCUT2D eigenvalue weighted by molar-refractivity contribution is 5.77. The van der Waals surface area contributed by atoms with Crippen LogP contribution in [0.15, 0.2) is 4.99 Å². The molecule has 0 rings (SSSR count). The predicted molar refractivity (Wildman–Crippen MR) is 62.6 cm³/mol. The van der Waals surface area contributed by atoms with Crippen LogP contribution in [0, 0.1) is 0 Å². The van der Waals surface area contributed by atoms with Gasteiger partial charge in [-0.25, -0.2) is 0 Å². The molecule has 2 N–H and O–H groups in total. The van der Waals surface area contributed by atoms with Crippen molar-refractivity contribution in [2.45, 2.75) is 20.8 Å². The third kappa shape index (κ3) is 5.07.